The molecule has 2 N–H and O–H groups in total. The summed E-state index contributed by atoms with van der Waals surface area (Å²) in [6.07, 6.45) is 3.39. The van der Waals surface area contributed by atoms with Gasteiger partial charge in [0.15, 0.2) is 0 Å². The fraction of sp³-hybridized carbons (Fsp3) is 0.395. The smallest absolute Gasteiger partial charge is 0.409 e. The molecular formula is C43H47N3O7S. The van der Waals surface area contributed by atoms with Gasteiger partial charge in [0.2, 0.25) is 15.9 Å². The van der Waals surface area contributed by atoms with Crippen molar-refractivity contribution >= 4 is 22.0 Å². The van der Waals surface area contributed by atoms with Crippen molar-refractivity contribution in [2.75, 3.05) is 40.0 Å². The van der Waals surface area contributed by atoms with E-state index in [4.69, 9.17) is 14.2 Å². The lowest BCUT2D eigenvalue weighted by atomic mass is 9.69. The van der Waals surface area contributed by atoms with E-state index in [1.807, 2.05) is 60.7 Å². The van der Waals surface area contributed by atoms with Crippen molar-refractivity contribution in [3.8, 4) is 22.6 Å². The van der Waals surface area contributed by atoms with Gasteiger partial charge in [0.05, 0.1) is 11.2 Å². The van der Waals surface area contributed by atoms with Crippen LogP contribution in [0.3, 0.4) is 0 Å². The van der Waals surface area contributed by atoms with Gasteiger partial charge < -0.3 is 24.4 Å². The van der Waals surface area contributed by atoms with E-state index < -0.39 is 38.7 Å². The van der Waals surface area contributed by atoms with Crippen LogP contribution in [0.5, 0.6) is 11.5 Å². The normalized spacial score (nSPS) is 19.8. The summed E-state index contributed by atoms with van der Waals surface area (Å²) in [4.78, 5) is 29.7. The number of para-hydroxylation sites is 2. The maximum Gasteiger partial charge on any atom is 0.409 e. The number of carbonyl (C=O) groups is 2. The molecule has 2 aliphatic carbocycles. The Hall–Kier alpha value is -4.71. The molecule has 11 heteroatoms. The van der Waals surface area contributed by atoms with Gasteiger partial charge in [-0.3, -0.25) is 4.79 Å². The number of ether oxygens (including phenoxy) is 3. The average Bonchev–Trinajstić information content (AvgIpc) is 4.01. The molecule has 4 aromatic carbocycles. The lowest BCUT2D eigenvalue weighted by Crippen LogP contribution is -2.56. The summed E-state index contributed by atoms with van der Waals surface area (Å²) in [6.45, 7) is 1.30. The average molecular weight is 750 g/mol. The van der Waals surface area contributed by atoms with Gasteiger partial charge in [-0.15, -0.1) is 0 Å². The Kier molecular flexibility index (Phi) is 10.2. The molecule has 2 atom stereocenters. The monoisotopic (exact) mass is 749 g/mol. The Morgan fingerprint density at radius 3 is 2.07 bits per heavy atom. The Labute approximate surface area is 317 Å². The molecule has 2 amide bonds. The number of likely N-dealkylation sites (tertiary alicyclic amines) is 1. The number of unbranched alkanes of at least 4 members (excludes halogenated alkanes) is 1. The second kappa shape index (κ2) is 15.2. The molecule has 54 heavy (non-hydrogen) atoms. The second-order valence-corrected chi connectivity index (χ2v) is 17.0. The third-order valence-electron chi connectivity index (χ3n) is 11.5. The Morgan fingerprint density at radius 2 is 1.44 bits per heavy atom. The van der Waals surface area contributed by atoms with Crippen molar-refractivity contribution in [3.05, 3.63) is 119 Å². The quantitative estimate of drug-likeness (QED) is 0.145. The molecule has 2 aliphatic heterocycles. The van der Waals surface area contributed by atoms with Crippen molar-refractivity contribution in [1.82, 2.24) is 14.9 Å². The van der Waals surface area contributed by atoms with Crippen molar-refractivity contribution in [1.29, 1.82) is 0 Å². The molecule has 0 spiro atoms. The summed E-state index contributed by atoms with van der Waals surface area (Å²) in [5, 5.41) is 2.85. The molecule has 0 unspecified atom stereocenters. The first kappa shape index (κ1) is 36.3. The van der Waals surface area contributed by atoms with Crippen LogP contribution in [0.25, 0.3) is 11.1 Å². The highest BCUT2D eigenvalue weighted by Crippen LogP contribution is 2.50. The molecule has 2 fully saturated rings. The number of fused-ring (bicyclic) bond motifs is 5. The van der Waals surface area contributed by atoms with Crippen LogP contribution in [0.4, 0.5) is 4.79 Å². The van der Waals surface area contributed by atoms with E-state index in [-0.39, 0.29) is 37.9 Å². The largest absolute Gasteiger partial charge is 0.457 e. The molecule has 1 saturated heterocycles. The molecule has 2 heterocycles. The number of nitrogens with zero attached hydrogens (tertiary/aromatic N) is 1. The first-order chi connectivity index (χ1) is 26.3. The number of hydrogen-bond acceptors (Lipinski definition) is 7. The van der Waals surface area contributed by atoms with E-state index in [1.54, 1.807) is 7.11 Å². The lowest BCUT2D eigenvalue weighted by Gasteiger charge is -2.41. The highest BCUT2D eigenvalue weighted by molar-refractivity contribution is 7.90. The minimum absolute atomic E-state index is 0.112. The minimum atomic E-state index is -3.58. The van der Waals surface area contributed by atoms with Crippen molar-refractivity contribution < 1.29 is 32.2 Å². The summed E-state index contributed by atoms with van der Waals surface area (Å²) >= 11 is 0. The predicted molar refractivity (Wildman–Crippen MR) is 206 cm³/mol. The molecule has 282 valence electrons. The van der Waals surface area contributed by atoms with Crippen LogP contribution in [-0.4, -0.2) is 76.6 Å². The third-order valence-corrected chi connectivity index (χ3v) is 13.5. The van der Waals surface area contributed by atoms with Crippen molar-refractivity contribution in [2.24, 2.45) is 5.92 Å². The van der Waals surface area contributed by atoms with Gasteiger partial charge in [-0.25, -0.2) is 17.9 Å². The summed E-state index contributed by atoms with van der Waals surface area (Å²) in [7, 11) is -1.89. The number of sulfonamides is 1. The van der Waals surface area contributed by atoms with E-state index in [0.29, 0.717) is 26.0 Å². The fourth-order valence-electron chi connectivity index (χ4n) is 8.68. The van der Waals surface area contributed by atoms with E-state index in [9.17, 15) is 18.0 Å². The molecule has 0 radical (unpaired) electrons. The maximum absolute atomic E-state index is 14.3. The van der Waals surface area contributed by atoms with Gasteiger partial charge in [-0.1, -0.05) is 84.9 Å². The Morgan fingerprint density at radius 1 is 0.833 bits per heavy atom. The number of rotatable bonds is 13. The highest BCUT2D eigenvalue weighted by Gasteiger charge is 2.44. The zero-order chi connectivity index (χ0) is 37.3. The van der Waals surface area contributed by atoms with Crippen LogP contribution in [0.1, 0.15) is 66.7 Å². The molecule has 8 rings (SSSR count). The molecule has 10 nitrogen and oxygen atoms in total. The standard InChI is InChI=1S/C43H47N3O7S/c1-51-23-11-10-22-43(37-16-6-8-18-39(37)53-40-19-9-7-17-38(40)43)28-44-41(47)29-24-30(45-54(49,50)31-20-21-31)26-46(25-29)42(48)52-27-36-34-14-4-2-12-32(34)33-13-3-5-15-35(33)36/h2-9,12-19,29-31,36,45H,10-11,20-28H2,1H3,(H,44,47)/t29-,30+/m0/s1. The number of carbonyl (C=O) groups excluding carboxylic acids is 2. The van der Waals surface area contributed by atoms with E-state index in [2.05, 4.69) is 46.4 Å². The molecule has 1 saturated carbocycles. The van der Waals surface area contributed by atoms with E-state index >= 15 is 0 Å². The van der Waals surface area contributed by atoms with Crippen LogP contribution in [0.15, 0.2) is 97.1 Å². The SMILES string of the molecule is COCCCCC1(CNC(=O)[C@H]2C[C@@H](NS(=O)(=O)C3CC3)CN(C(=O)OCC3c4ccccc4-c4ccccc43)C2)c2ccccc2Oc2ccccc21. The van der Waals surface area contributed by atoms with Crippen molar-refractivity contribution in [2.45, 2.75) is 61.1 Å². The molecule has 0 bridgehead atoms. The summed E-state index contributed by atoms with van der Waals surface area (Å²) < 4.78 is 46.8. The van der Waals surface area contributed by atoms with Crippen molar-refractivity contribution in [3.63, 3.8) is 0 Å². The summed E-state index contributed by atoms with van der Waals surface area (Å²) in [6, 6.07) is 31.6. The van der Waals surface area contributed by atoms with Gasteiger partial charge in [0.1, 0.15) is 18.1 Å². The first-order valence-corrected chi connectivity index (χ1v) is 20.6. The van der Waals surface area contributed by atoms with E-state index in [0.717, 1.165) is 64.1 Å². The van der Waals surface area contributed by atoms with Gasteiger partial charge in [-0.05, 0) is 72.9 Å². The van der Waals surface area contributed by atoms with Crippen LogP contribution >= 0.6 is 0 Å². The lowest BCUT2D eigenvalue weighted by molar-refractivity contribution is -0.127. The molecule has 4 aromatic rings. The van der Waals surface area contributed by atoms with Gasteiger partial charge in [0, 0.05) is 61.9 Å². The Bertz CT molecular complexity index is 2040. The third kappa shape index (κ3) is 7.12. The van der Waals surface area contributed by atoms with Gasteiger partial charge in [0.25, 0.3) is 0 Å². The number of nitrogens with one attached hydrogen (secondary N) is 2. The fourth-order valence-corrected chi connectivity index (χ4v) is 10.3. The maximum atomic E-state index is 14.3. The van der Waals surface area contributed by atoms with E-state index in [1.165, 1.54) is 4.90 Å². The van der Waals surface area contributed by atoms with Crippen LogP contribution < -0.4 is 14.8 Å². The van der Waals surface area contributed by atoms with Crippen LogP contribution in [0.2, 0.25) is 0 Å². The van der Waals surface area contributed by atoms with Crippen LogP contribution in [-0.2, 0) is 29.7 Å². The second-order valence-electron chi connectivity index (χ2n) is 15.0. The molecule has 4 aliphatic rings. The summed E-state index contributed by atoms with van der Waals surface area (Å²) in [5.74, 6) is 0.484. The Balaban J connectivity index is 1.02. The zero-order valence-corrected chi connectivity index (χ0v) is 31.4. The minimum Gasteiger partial charge on any atom is -0.457 e. The predicted octanol–water partition coefficient (Wildman–Crippen LogP) is 6.73. The number of amides is 2. The molecular weight excluding hydrogens is 703 g/mol. The number of benzene rings is 4. The number of methoxy groups -OCH3 is 1. The summed E-state index contributed by atoms with van der Waals surface area (Å²) in [5.41, 5.74) is 5.88. The zero-order valence-electron chi connectivity index (χ0n) is 30.5. The first-order valence-electron chi connectivity index (χ1n) is 19.0. The number of hydrogen-bond donors (Lipinski definition) is 2. The van der Waals surface area contributed by atoms with Gasteiger partial charge in [-0.2, -0.15) is 0 Å². The van der Waals surface area contributed by atoms with Crippen LogP contribution in [0, 0.1) is 5.92 Å². The highest BCUT2D eigenvalue weighted by atomic mass is 32.2. The topological polar surface area (TPSA) is 123 Å². The number of piperidine rings is 1. The molecule has 0 aromatic heterocycles. The van der Waals surface area contributed by atoms with Gasteiger partial charge >= 0.3 is 6.09 Å².